The molecule has 6 nitrogen and oxygen atoms in total. The average molecular weight is 336 g/mol. The Morgan fingerprint density at radius 3 is 2.67 bits per heavy atom. The van der Waals surface area contributed by atoms with E-state index < -0.39 is 22.0 Å². The van der Waals surface area contributed by atoms with Crippen molar-refractivity contribution in [3.8, 4) is 0 Å². The Morgan fingerprint density at radius 1 is 1.48 bits per heavy atom. The van der Waals surface area contributed by atoms with E-state index in [1.54, 1.807) is 0 Å². The molecule has 0 spiro atoms. The summed E-state index contributed by atoms with van der Waals surface area (Å²) in [4.78, 5) is 10.7. The van der Waals surface area contributed by atoms with Crippen molar-refractivity contribution in [2.24, 2.45) is 0 Å². The van der Waals surface area contributed by atoms with Crippen LogP contribution in [-0.2, 0) is 14.8 Å². The van der Waals surface area contributed by atoms with Crippen LogP contribution in [0.2, 0.25) is 5.02 Å². The van der Waals surface area contributed by atoms with Gasteiger partial charge in [0, 0.05) is 13.2 Å². The fourth-order valence-corrected chi connectivity index (χ4v) is 3.63. The van der Waals surface area contributed by atoms with Gasteiger partial charge in [0.2, 0.25) is 10.0 Å². The standard InChI is InChI=1S/C13H18ClNO5S/c1-3-4-10(8-20-2)15-21(18,19)12-7-9(13(16)17)5-6-11(12)14/h5-7,10,15H,3-4,8H2,1-2H3,(H,16,17). The maximum Gasteiger partial charge on any atom is 0.335 e. The lowest BCUT2D eigenvalue weighted by Gasteiger charge is -2.18. The van der Waals surface area contributed by atoms with Crippen LogP contribution in [0.15, 0.2) is 23.1 Å². The Labute approximate surface area is 129 Å². The SMILES string of the molecule is CCCC(COC)NS(=O)(=O)c1cc(C(=O)O)ccc1Cl. The highest BCUT2D eigenvalue weighted by Crippen LogP contribution is 2.23. The number of hydrogen-bond donors (Lipinski definition) is 2. The van der Waals surface area contributed by atoms with E-state index in [0.717, 1.165) is 12.5 Å². The maximum absolute atomic E-state index is 12.3. The minimum atomic E-state index is -3.92. The maximum atomic E-state index is 12.3. The van der Waals surface area contributed by atoms with Gasteiger partial charge in [0.05, 0.1) is 17.2 Å². The molecule has 118 valence electrons. The van der Waals surface area contributed by atoms with Crippen LogP contribution in [0.1, 0.15) is 30.1 Å². The molecule has 21 heavy (non-hydrogen) atoms. The molecule has 0 bridgehead atoms. The first-order valence-corrected chi connectivity index (χ1v) is 8.22. The Balaban J connectivity index is 3.11. The quantitative estimate of drug-likeness (QED) is 0.759. The number of nitrogens with one attached hydrogen (secondary N) is 1. The predicted molar refractivity (Wildman–Crippen MR) is 79.3 cm³/mol. The third-order valence-corrected chi connectivity index (χ3v) is 4.80. The molecule has 0 heterocycles. The third kappa shape index (κ3) is 4.96. The Bertz CT molecular complexity index is 597. The second kappa shape index (κ2) is 7.74. The van der Waals surface area contributed by atoms with Gasteiger partial charge in [-0.25, -0.2) is 17.9 Å². The van der Waals surface area contributed by atoms with E-state index in [-0.39, 0.29) is 22.1 Å². The van der Waals surface area contributed by atoms with Crippen LogP contribution in [0.25, 0.3) is 0 Å². The first-order chi connectivity index (χ1) is 9.81. The molecule has 0 amide bonds. The van der Waals surface area contributed by atoms with Crippen molar-refractivity contribution in [3.05, 3.63) is 28.8 Å². The molecule has 0 aromatic heterocycles. The van der Waals surface area contributed by atoms with E-state index in [1.165, 1.54) is 19.2 Å². The summed E-state index contributed by atoms with van der Waals surface area (Å²) in [5.41, 5.74) is -0.140. The van der Waals surface area contributed by atoms with E-state index in [1.807, 2.05) is 6.92 Å². The zero-order valence-electron chi connectivity index (χ0n) is 11.8. The highest BCUT2D eigenvalue weighted by atomic mass is 35.5. The van der Waals surface area contributed by atoms with Gasteiger partial charge < -0.3 is 9.84 Å². The average Bonchev–Trinajstić information content (AvgIpc) is 2.38. The number of ether oxygens (including phenoxy) is 1. The molecular formula is C13H18ClNO5S. The largest absolute Gasteiger partial charge is 0.478 e. The Hall–Kier alpha value is -1.15. The van der Waals surface area contributed by atoms with Gasteiger partial charge in [0.25, 0.3) is 0 Å². The zero-order valence-corrected chi connectivity index (χ0v) is 13.4. The molecule has 1 atom stereocenters. The van der Waals surface area contributed by atoms with Crippen LogP contribution >= 0.6 is 11.6 Å². The Morgan fingerprint density at radius 2 is 2.14 bits per heavy atom. The molecule has 1 unspecified atom stereocenters. The number of carboxylic acid groups (broad SMARTS) is 1. The van der Waals surface area contributed by atoms with Gasteiger partial charge in [0.1, 0.15) is 4.90 Å². The summed E-state index contributed by atoms with van der Waals surface area (Å²) in [6, 6.07) is 3.16. The van der Waals surface area contributed by atoms with Crippen molar-refractivity contribution in [2.45, 2.75) is 30.7 Å². The van der Waals surface area contributed by atoms with Crippen molar-refractivity contribution in [2.75, 3.05) is 13.7 Å². The van der Waals surface area contributed by atoms with Gasteiger partial charge in [-0.3, -0.25) is 0 Å². The first-order valence-electron chi connectivity index (χ1n) is 6.36. The lowest BCUT2D eigenvalue weighted by molar-refractivity contribution is 0.0696. The summed E-state index contributed by atoms with van der Waals surface area (Å²) in [5, 5.41) is 8.91. The fourth-order valence-electron chi connectivity index (χ4n) is 1.85. The lowest BCUT2D eigenvalue weighted by Crippen LogP contribution is -2.38. The fraction of sp³-hybridized carbons (Fsp3) is 0.462. The molecule has 0 saturated heterocycles. The number of halogens is 1. The van der Waals surface area contributed by atoms with Gasteiger partial charge in [-0.2, -0.15) is 0 Å². The van der Waals surface area contributed by atoms with Crippen molar-refractivity contribution in [1.29, 1.82) is 0 Å². The topological polar surface area (TPSA) is 92.7 Å². The van der Waals surface area contributed by atoms with E-state index in [2.05, 4.69) is 4.72 Å². The molecule has 1 aromatic rings. The predicted octanol–water partition coefficient (Wildman–Crippen LogP) is 2.13. The second-order valence-corrected chi connectivity index (χ2v) is 6.60. The molecular weight excluding hydrogens is 318 g/mol. The van der Waals surface area contributed by atoms with E-state index in [0.29, 0.717) is 6.42 Å². The minimum Gasteiger partial charge on any atom is -0.478 e. The van der Waals surface area contributed by atoms with Crippen LogP contribution in [0.4, 0.5) is 0 Å². The lowest BCUT2D eigenvalue weighted by atomic mass is 10.2. The van der Waals surface area contributed by atoms with Crippen molar-refractivity contribution >= 4 is 27.6 Å². The van der Waals surface area contributed by atoms with Crippen molar-refractivity contribution in [3.63, 3.8) is 0 Å². The zero-order chi connectivity index (χ0) is 16.0. The number of rotatable bonds is 8. The number of carbonyl (C=O) groups is 1. The molecule has 0 radical (unpaired) electrons. The second-order valence-electron chi connectivity index (χ2n) is 4.51. The highest BCUT2D eigenvalue weighted by molar-refractivity contribution is 7.89. The molecule has 0 aliphatic heterocycles. The molecule has 0 fully saturated rings. The van der Waals surface area contributed by atoms with Crippen LogP contribution in [0, 0.1) is 0 Å². The molecule has 2 N–H and O–H groups in total. The van der Waals surface area contributed by atoms with Gasteiger partial charge in [0.15, 0.2) is 0 Å². The van der Waals surface area contributed by atoms with Gasteiger partial charge >= 0.3 is 5.97 Å². The van der Waals surface area contributed by atoms with E-state index in [9.17, 15) is 13.2 Å². The number of carboxylic acids is 1. The van der Waals surface area contributed by atoms with E-state index >= 15 is 0 Å². The van der Waals surface area contributed by atoms with Crippen LogP contribution in [0.5, 0.6) is 0 Å². The third-order valence-electron chi connectivity index (χ3n) is 2.79. The number of sulfonamides is 1. The Kier molecular flexibility index (Phi) is 6.60. The molecule has 1 aromatic carbocycles. The molecule has 0 aliphatic carbocycles. The summed E-state index contributed by atoms with van der Waals surface area (Å²) in [6.07, 6.45) is 1.38. The van der Waals surface area contributed by atoms with Gasteiger partial charge in [-0.05, 0) is 24.6 Å². The molecule has 1 rings (SSSR count). The number of hydrogen-bond acceptors (Lipinski definition) is 4. The molecule has 0 saturated carbocycles. The van der Waals surface area contributed by atoms with Crippen molar-refractivity contribution in [1.82, 2.24) is 4.72 Å². The van der Waals surface area contributed by atoms with Gasteiger partial charge in [-0.15, -0.1) is 0 Å². The van der Waals surface area contributed by atoms with E-state index in [4.69, 9.17) is 21.4 Å². The summed E-state index contributed by atoms with van der Waals surface area (Å²) < 4.78 is 32.2. The summed E-state index contributed by atoms with van der Waals surface area (Å²) >= 11 is 5.88. The van der Waals surface area contributed by atoms with Crippen molar-refractivity contribution < 1.29 is 23.1 Å². The van der Waals surface area contributed by atoms with Crippen LogP contribution in [-0.4, -0.2) is 39.3 Å². The van der Waals surface area contributed by atoms with Gasteiger partial charge in [-0.1, -0.05) is 24.9 Å². The monoisotopic (exact) mass is 335 g/mol. The smallest absolute Gasteiger partial charge is 0.335 e. The normalized spacial score (nSPS) is 13.1. The number of aromatic carboxylic acids is 1. The van der Waals surface area contributed by atoms with Crippen LogP contribution < -0.4 is 4.72 Å². The first kappa shape index (κ1) is 17.9. The number of benzene rings is 1. The van der Waals surface area contributed by atoms with Crippen LogP contribution in [0.3, 0.4) is 0 Å². The summed E-state index contributed by atoms with van der Waals surface area (Å²) in [7, 11) is -2.43. The summed E-state index contributed by atoms with van der Waals surface area (Å²) in [6.45, 7) is 2.15. The minimum absolute atomic E-state index is 0.0276. The summed E-state index contributed by atoms with van der Waals surface area (Å²) in [5.74, 6) is -1.22. The highest BCUT2D eigenvalue weighted by Gasteiger charge is 2.23. The molecule has 8 heteroatoms. The molecule has 0 aliphatic rings. The number of methoxy groups -OCH3 is 1.